The lowest BCUT2D eigenvalue weighted by molar-refractivity contribution is 0.0765. The van der Waals surface area contributed by atoms with Gasteiger partial charge in [0.15, 0.2) is 0 Å². The Kier molecular flexibility index (Phi) is 4.54. The van der Waals surface area contributed by atoms with Gasteiger partial charge in [-0.2, -0.15) is 0 Å². The smallest absolute Gasteiger partial charge is 0.0594 e. The van der Waals surface area contributed by atoms with Gasteiger partial charge in [0, 0.05) is 17.6 Å². The van der Waals surface area contributed by atoms with Crippen LogP contribution in [0.3, 0.4) is 0 Å². The molecule has 2 nitrogen and oxygen atoms in total. The van der Waals surface area contributed by atoms with Gasteiger partial charge < -0.3 is 10.1 Å². The van der Waals surface area contributed by atoms with Gasteiger partial charge in [0.25, 0.3) is 0 Å². The first kappa shape index (κ1) is 14.8. The van der Waals surface area contributed by atoms with E-state index in [0.29, 0.717) is 12.1 Å². The number of ether oxygens (including phenoxy) is 1. The van der Waals surface area contributed by atoms with Crippen molar-refractivity contribution in [2.24, 2.45) is 5.41 Å². The van der Waals surface area contributed by atoms with Crippen molar-refractivity contribution < 1.29 is 4.74 Å². The van der Waals surface area contributed by atoms with E-state index in [9.17, 15) is 0 Å². The predicted octanol–water partition coefficient (Wildman–Crippen LogP) is 3.98. The highest BCUT2D eigenvalue weighted by molar-refractivity contribution is 6.30. The highest BCUT2D eigenvalue weighted by Gasteiger charge is 2.38. The van der Waals surface area contributed by atoms with Gasteiger partial charge in [-0.05, 0) is 48.9 Å². The molecule has 2 rings (SSSR count). The number of hydrogen-bond acceptors (Lipinski definition) is 2. The van der Waals surface area contributed by atoms with Crippen molar-refractivity contribution in [3.05, 3.63) is 34.3 Å². The minimum Gasteiger partial charge on any atom is -0.377 e. The molecule has 0 spiro atoms. The zero-order valence-corrected chi connectivity index (χ0v) is 13.1. The Morgan fingerprint density at radius 3 is 2.84 bits per heavy atom. The van der Waals surface area contributed by atoms with Crippen molar-refractivity contribution in [2.45, 2.75) is 46.3 Å². The zero-order valence-electron chi connectivity index (χ0n) is 12.3. The van der Waals surface area contributed by atoms with E-state index in [1.54, 1.807) is 0 Å². The van der Waals surface area contributed by atoms with Gasteiger partial charge in [-0.25, -0.2) is 0 Å². The minimum atomic E-state index is 0.227. The minimum absolute atomic E-state index is 0.227. The molecule has 0 radical (unpaired) electrons. The van der Waals surface area contributed by atoms with Crippen LogP contribution in [0.4, 0.5) is 0 Å². The second-order valence-electron chi connectivity index (χ2n) is 6.32. The zero-order chi connectivity index (χ0) is 14.0. The fraction of sp³-hybridized carbons (Fsp3) is 0.625. The molecule has 0 amide bonds. The summed E-state index contributed by atoms with van der Waals surface area (Å²) in [6.45, 7) is 10.4. The third-order valence-electron chi connectivity index (χ3n) is 3.75. The Hall–Kier alpha value is -0.570. The van der Waals surface area contributed by atoms with Gasteiger partial charge in [0.05, 0.1) is 12.7 Å². The third kappa shape index (κ3) is 3.50. The molecule has 3 heteroatoms. The maximum atomic E-state index is 6.13. The Morgan fingerprint density at radius 2 is 2.16 bits per heavy atom. The van der Waals surface area contributed by atoms with Crippen molar-refractivity contribution in [1.29, 1.82) is 0 Å². The first-order valence-corrected chi connectivity index (χ1v) is 7.41. The van der Waals surface area contributed by atoms with E-state index in [0.717, 1.165) is 24.6 Å². The second kappa shape index (κ2) is 5.82. The van der Waals surface area contributed by atoms with Crippen LogP contribution < -0.4 is 5.32 Å². The van der Waals surface area contributed by atoms with E-state index in [1.165, 1.54) is 11.1 Å². The van der Waals surface area contributed by atoms with E-state index in [1.807, 2.05) is 6.07 Å². The summed E-state index contributed by atoms with van der Waals surface area (Å²) in [7, 11) is 0. The van der Waals surface area contributed by atoms with E-state index in [-0.39, 0.29) is 5.41 Å². The summed E-state index contributed by atoms with van der Waals surface area (Å²) in [5.41, 5.74) is 2.99. The summed E-state index contributed by atoms with van der Waals surface area (Å²) in [6.07, 6.45) is 1.39. The Morgan fingerprint density at radius 1 is 1.42 bits per heavy atom. The predicted molar refractivity (Wildman–Crippen MR) is 80.8 cm³/mol. The lowest BCUT2D eigenvalue weighted by Gasteiger charge is -2.29. The molecule has 1 aliphatic rings. The highest BCUT2D eigenvalue weighted by atomic mass is 35.5. The largest absolute Gasteiger partial charge is 0.377 e. The topological polar surface area (TPSA) is 21.3 Å². The average molecular weight is 282 g/mol. The van der Waals surface area contributed by atoms with E-state index >= 15 is 0 Å². The molecule has 0 heterocycles. The number of hydrogen-bond donors (Lipinski definition) is 1. The van der Waals surface area contributed by atoms with Crippen molar-refractivity contribution in [1.82, 2.24) is 5.32 Å². The summed E-state index contributed by atoms with van der Waals surface area (Å²) in [5, 5.41) is 4.45. The van der Waals surface area contributed by atoms with Gasteiger partial charge in [-0.1, -0.05) is 31.5 Å². The fourth-order valence-electron chi connectivity index (χ4n) is 2.89. The molecule has 106 valence electrons. The van der Waals surface area contributed by atoms with Crippen molar-refractivity contribution in [2.75, 3.05) is 13.2 Å². The summed E-state index contributed by atoms with van der Waals surface area (Å²) >= 11 is 6.13. The quantitative estimate of drug-likeness (QED) is 0.825. The molecule has 0 aliphatic heterocycles. The van der Waals surface area contributed by atoms with Crippen LogP contribution in [0.25, 0.3) is 0 Å². The standard InChI is InChI=1S/C16H24ClNO/c1-11(2)19-8-7-18-15-14-9-13(17)6-5-12(14)10-16(15,3)4/h5-6,9,11,15,18H,7-8,10H2,1-4H3. The van der Waals surface area contributed by atoms with Gasteiger partial charge in [0.2, 0.25) is 0 Å². The molecule has 19 heavy (non-hydrogen) atoms. The molecule has 1 aliphatic carbocycles. The summed E-state index contributed by atoms with van der Waals surface area (Å²) in [4.78, 5) is 0. The van der Waals surface area contributed by atoms with Gasteiger partial charge in [-0.15, -0.1) is 0 Å². The van der Waals surface area contributed by atoms with Crippen molar-refractivity contribution in [3.63, 3.8) is 0 Å². The molecule has 0 fully saturated rings. The van der Waals surface area contributed by atoms with Crippen LogP contribution in [0.15, 0.2) is 18.2 Å². The first-order valence-electron chi connectivity index (χ1n) is 7.03. The van der Waals surface area contributed by atoms with Crippen LogP contribution in [-0.4, -0.2) is 19.3 Å². The maximum Gasteiger partial charge on any atom is 0.0594 e. The molecule has 0 saturated carbocycles. The number of nitrogens with one attached hydrogen (secondary N) is 1. The van der Waals surface area contributed by atoms with Crippen LogP contribution in [-0.2, 0) is 11.2 Å². The highest BCUT2D eigenvalue weighted by Crippen LogP contribution is 2.45. The van der Waals surface area contributed by atoms with Crippen LogP contribution >= 0.6 is 11.6 Å². The molecule has 1 atom stereocenters. The Balaban J connectivity index is 2.04. The average Bonchev–Trinajstić information content (AvgIpc) is 2.55. The van der Waals surface area contributed by atoms with Crippen LogP contribution in [0, 0.1) is 5.41 Å². The lowest BCUT2D eigenvalue weighted by atomic mass is 9.85. The first-order chi connectivity index (χ1) is 8.90. The Labute approximate surface area is 121 Å². The van der Waals surface area contributed by atoms with E-state index in [2.05, 4.69) is 45.1 Å². The maximum absolute atomic E-state index is 6.13. The Bertz CT molecular complexity index is 442. The third-order valence-corrected chi connectivity index (χ3v) is 3.98. The molecule has 0 aromatic heterocycles. The van der Waals surface area contributed by atoms with Gasteiger partial charge in [0.1, 0.15) is 0 Å². The molecule has 1 aromatic rings. The number of halogens is 1. The molecule has 1 unspecified atom stereocenters. The van der Waals surface area contributed by atoms with Crippen LogP contribution in [0.1, 0.15) is 44.9 Å². The SMILES string of the molecule is CC(C)OCCNC1c2cc(Cl)ccc2CC1(C)C. The molecule has 0 saturated heterocycles. The summed E-state index contributed by atoms with van der Waals surface area (Å²) in [6, 6.07) is 6.61. The van der Waals surface area contributed by atoms with E-state index < -0.39 is 0 Å². The second-order valence-corrected chi connectivity index (χ2v) is 6.75. The molecular weight excluding hydrogens is 258 g/mol. The van der Waals surface area contributed by atoms with Crippen molar-refractivity contribution >= 4 is 11.6 Å². The normalized spacial score (nSPS) is 20.8. The molecule has 1 N–H and O–H groups in total. The molecular formula is C16H24ClNO. The number of rotatable bonds is 5. The number of benzene rings is 1. The van der Waals surface area contributed by atoms with Gasteiger partial charge in [-0.3, -0.25) is 0 Å². The van der Waals surface area contributed by atoms with Gasteiger partial charge >= 0.3 is 0 Å². The van der Waals surface area contributed by atoms with E-state index in [4.69, 9.17) is 16.3 Å². The summed E-state index contributed by atoms with van der Waals surface area (Å²) in [5.74, 6) is 0. The molecule has 1 aromatic carbocycles. The monoisotopic (exact) mass is 281 g/mol. The van der Waals surface area contributed by atoms with Crippen molar-refractivity contribution in [3.8, 4) is 0 Å². The molecule has 0 bridgehead atoms. The van der Waals surface area contributed by atoms with Crippen LogP contribution in [0.2, 0.25) is 5.02 Å². The lowest BCUT2D eigenvalue weighted by Crippen LogP contribution is -2.33. The number of fused-ring (bicyclic) bond motifs is 1. The van der Waals surface area contributed by atoms with Crippen LogP contribution in [0.5, 0.6) is 0 Å². The summed E-state index contributed by atoms with van der Waals surface area (Å²) < 4.78 is 5.59. The fourth-order valence-corrected chi connectivity index (χ4v) is 3.07.